The normalized spacial score (nSPS) is 19.9. The van der Waals surface area contributed by atoms with Crippen molar-refractivity contribution in [3.8, 4) is 5.75 Å². The van der Waals surface area contributed by atoms with Crippen LogP contribution in [0.1, 0.15) is 18.4 Å². The second-order valence-electron chi connectivity index (χ2n) is 8.89. The van der Waals surface area contributed by atoms with E-state index < -0.39 is 16.1 Å². The molecule has 33 heavy (non-hydrogen) atoms. The lowest BCUT2D eigenvalue weighted by Crippen LogP contribution is -2.41. The van der Waals surface area contributed by atoms with Gasteiger partial charge in [0.05, 0.1) is 18.1 Å². The molecule has 2 fully saturated rings. The van der Waals surface area contributed by atoms with Gasteiger partial charge < -0.3 is 19.5 Å². The van der Waals surface area contributed by atoms with Gasteiger partial charge in [0.2, 0.25) is 10.0 Å². The Morgan fingerprint density at radius 3 is 2.30 bits per heavy atom. The van der Waals surface area contributed by atoms with Crippen LogP contribution in [0.5, 0.6) is 5.75 Å². The molecule has 2 aromatic rings. The number of sulfonamides is 1. The van der Waals surface area contributed by atoms with E-state index in [4.69, 9.17) is 9.47 Å². The molecule has 0 spiro atoms. The lowest BCUT2D eigenvalue weighted by atomic mass is 9.90. The van der Waals surface area contributed by atoms with E-state index in [0.29, 0.717) is 44.5 Å². The lowest BCUT2D eigenvalue weighted by molar-refractivity contribution is 0.0550. The molecule has 0 saturated carbocycles. The molecule has 8 heteroatoms. The Morgan fingerprint density at radius 1 is 0.970 bits per heavy atom. The molecule has 4 rings (SSSR count). The summed E-state index contributed by atoms with van der Waals surface area (Å²) < 4.78 is 37.8. The Hall–Kier alpha value is -1.97. The van der Waals surface area contributed by atoms with Gasteiger partial charge in [-0.2, -0.15) is 4.31 Å². The molecule has 2 aromatic carbocycles. The van der Waals surface area contributed by atoms with E-state index in [1.165, 1.54) is 9.87 Å². The summed E-state index contributed by atoms with van der Waals surface area (Å²) in [5.41, 5.74) is 1.40. The first kappa shape index (κ1) is 24.2. The molecule has 7 nitrogen and oxygen atoms in total. The van der Waals surface area contributed by atoms with Crippen LogP contribution in [0.3, 0.4) is 0 Å². The number of aliphatic hydroxyl groups excluding tert-OH is 1. The summed E-state index contributed by atoms with van der Waals surface area (Å²) in [5.74, 6) is 1.25. The highest BCUT2D eigenvalue weighted by Crippen LogP contribution is 2.23. The number of aliphatic hydroxyl groups is 1. The van der Waals surface area contributed by atoms with Crippen molar-refractivity contribution in [3.05, 3.63) is 60.2 Å². The standard InChI is InChI=1S/C25H34N2O5S/c28-23(19-26-12-10-22(11-13-26)18-21-4-2-1-3-5-21)20-32-24-6-8-25(9-7-24)33(29,30)27-14-16-31-17-15-27/h1-9,22-23,28H,10-20H2/t23-/m0/s1. The van der Waals surface area contributed by atoms with Crippen molar-refractivity contribution in [1.82, 2.24) is 9.21 Å². The van der Waals surface area contributed by atoms with Gasteiger partial charge in [0.1, 0.15) is 18.5 Å². The van der Waals surface area contributed by atoms with E-state index in [1.807, 2.05) is 0 Å². The van der Waals surface area contributed by atoms with Crippen LogP contribution in [-0.2, 0) is 21.2 Å². The summed E-state index contributed by atoms with van der Waals surface area (Å²) >= 11 is 0. The number of hydrogen-bond donors (Lipinski definition) is 1. The second-order valence-corrected chi connectivity index (χ2v) is 10.8. The molecule has 0 aliphatic carbocycles. The molecule has 0 radical (unpaired) electrons. The fourth-order valence-electron chi connectivity index (χ4n) is 4.51. The minimum Gasteiger partial charge on any atom is -0.491 e. The maximum atomic E-state index is 12.7. The van der Waals surface area contributed by atoms with Crippen LogP contribution >= 0.6 is 0 Å². The summed E-state index contributed by atoms with van der Waals surface area (Å²) in [6.45, 7) is 4.32. The van der Waals surface area contributed by atoms with Crippen molar-refractivity contribution >= 4 is 10.0 Å². The maximum absolute atomic E-state index is 12.7. The minimum atomic E-state index is -3.51. The third-order valence-electron chi connectivity index (χ3n) is 6.42. The van der Waals surface area contributed by atoms with Gasteiger partial charge in [-0.25, -0.2) is 8.42 Å². The van der Waals surface area contributed by atoms with Gasteiger partial charge in [0, 0.05) is 19.6 Å². The molecule has 0 amide bonds. The molecule has 1 atom stereocenters. The zero-order chi connectivity index (χ0) is 23.1. The number of rotatable bonds is 9. The third kappa shape index (κ3) is 6.77. The Kier molecular flexibility index (Phi) is 8.38. The van der Waals surface area contributed by atoms with E-state index in [2.05, 4.69) is 35.2 Å². The molecular formula is C25H34N2O5S. The zero-order valence-electron chi connectivity index (χ0n) is 19.0. The number of piperidine rings is 1. The van der Waals surface area contributed by atoms with Crippen molar-refractivity contribution in [1.29, 1.82) is 0 Å². The average molecular weight is 475 g/mol. The number of nitrogens with zero attached hydrogens (tertiary/aromatic N) is 2. The van der Waals surface area contributed by atoms with Gasteiger partial charge in [-0.3, -0.25) is 0 Å². The Balaban J connectivity index is 1.19. The van der Waals surface area contributed by atoms with Crippen molar-refractivity contribution in [3.63, 3.8) is 0 Å². The van der Waals surface area contributed by atoms with Crippen LogP contribution in [0.4, 0.5) is 0 Å². The SMILES string of the molecule is O=S(=O)(c1ccc(OC[C@@H](O)CN2CCC(Cc3ccccc3)CC2)cc1)N1CCOCC1. The van der Waals surface area contributed by atoms with Gasteiger partial charge in [0.25, 0.3) is 0 Å². The summed E-state index contributed by atoms with van der Waals surface area (Å²) in [4.78, 5) is 2.55. The Labute approximate surface area is 197 Å². The van der Waals surface area contributed by atoms with Crippen molar-refractivity contribution in [2.45, 2.75) is 30.3 Å². The van der Waals surface area contributed by atoms with E-state index in [1.54, 1.807) is 24.3 Å². The van der Waals surface area contributed by atoms with E-state index in [-0.39, 0.29) is 11.5 Å². The molecule has 2 aliphatic heterocycles. The zero-order valence-corrected chi connectivity index (χ0v) is 19.8. The fraction of sp³-hybridized carbons (Fsp3) is 0.520. The quantitative estimate of drug-likeness (QED) is 0.601. The highest BCUT2D eigenvalue weighted by molar-refractivity contribution is 7.89. The predicted molar refractivity (Wildman–Crippen MR) is 127 cm³/mol. The van der Waals surface area contributed by atoms with Crippen LogP contribution in [0.2, 0.25) is 0 Å². The maximum Gasteiger partial charge on any atom is 0.243 e. The van der Waals surface area contributed by atoms with Crippen LogP contribution in [-0.4, -0.2) is 81.4 Å². The van der Waals surface area contributed by atoms with Gasteiger partial charge in [-0.1, -0.05) is 30.3 Å². The molecular weight excluding hydrogens is 440 g/mol. The first-order valence-corrected chi connectivity index (χ1v) is 13.2. The molecule has 0 bridgehead atoms. The predicted octanol–water partition coefficient (Wildman–Crippen LogP) is 2.40. The van der Waals surface area contributed by atoms with Crippen LogP contribution in [0.25, 0.3) is 0 Å². The van der Waals surface area contributed by atoms with Crippen molar-refractivity contribution in [2.24, 2.45) is 5.92 Å². The molecule has 0 unspecified atom stereocenters. The minimum absolute atomic E-state index is 0.180. The molecule has 180 valence electrons. The topological polar surface area (TPSA) is 79.3 Å². The van der Waals surface area contributed by atoms with Gasteiger partial charge in [-0.05, 0) is 68.1 Å². The van der Waals surface area contributed by atoms with Gasteiger partial charge in [-0.15, -0.1) is 0 Å². The highest BCUT2D eigenvalue weighted by Gasteiger charge is 2.26. The van der Waals surface area contributed by atoms with Crippen molar-refractivity contribution < 1.29 is 23.0 Å². The third-order valence-corrected chi connectivity index (χ3v) is 8.33. The van der Waals surface area contributed by atoms with Crippen molar-refractivity contribution in [2.75, 3.05) is 52.5 Å². The number of benzene rings is 2. The summed E-state index contributed by atoms with van der Waals surface area (Å²) in [5, 5.41) is 10.4. The largest absolute Gasteiger partial charge is 0.491 e. The fourth-order valence-corrected chi connectivity index (χ4v) is 5.92. The Morgan fingerprint density at radius 2 is 1.64 bits per heavy atom. The average Bonchev–Trinajstić information content (AvgIpc) is 2.85. The van der Waals surface area contributed by atoms with Gasteiger partial charge >= 0.3 is 0 Å². The summed E-state index contributed by atoms with van der Waals surface area (Å²) in [7, 11) is -3.51. The molecule has 2 saturated heterocycles. The van der Waals surface area contributed by atoms with E-state index in [9.17, 15) is 13.5 Å². The van der Waals surface area contributed by atoms with Crippen LogP contribution in [0.15, 0.2) is 59.5 Å². The summed E-state index contributed by atoms with van der Waals surface area (Å²) in [6.07, 6.45) is 2.81. The number of likely N-dealkylation sites (tertiary alicyclic amines) is 1. The lowest BCUT2D eigenvalue weighted by Gasteiger charge is -2.33. The van der Waals surface area contributed by atoms with Crippen LogP contribution in [0, 0.1) is 5.92 Å². The van der Waals surface area contributed by atoms with Crippen LogP contribution < -0.4 is 4.74 Å². The highest BCUT2D eigenvalue weighted by atomic mass is 32.2. The van der Waals surface area contributed by atoms with Gasteiger partial charge in [0.15, 0.2) is 0 Å². The number of hydrogen-bond acceptors (Lipinski definition) is 6. The molecule has 0 aromatic heterocycles. The number of β-amino-alcohol motifs (C(OH)–C–C–N with tert-alkyl or cyclic N) is 1. The Bertz CT molecular complexity index is 954. The van der Waals surface area contributed by atoms with E-state index in [0.717, 1.165) is 32.4 Å². The number of ether oxygens (including phenoxy) is 2. The number of morpholine rings is 1. The molecule has 1 N–H and O–H groups in total. The molecule has 2 heterocycles. The smallest absolute Gasteiger partial charge is 0.243 e. The molecule has 2 aliphatic rings. The van der Waals surface area contributed by atoms with E-state index >= 15 is 0 Å². The first-order chi connectivity index (χ1) is 16.0. The summed E-state index contributed by atoms with van der Waals surface area (Å²) in [6, 6.07) is 17.0. The first-order valence-electron chi connectivity index (χ1n) is 11.8. The monoisotopic (exact) mass is 474 g/mol. The second kappa shape index (κ2) is 11.4.